The molecule has 1 atom stereocenters. The molecule has 3 rings (SSSR count). The third kappa shape index (κ3) is 3.57. The predicted octanol–water partition coefficient (Wildman–Crippen LogP) is 3.30. The minimum Gasteiger partial charge on any atom is -0.354 e. The molecule has 0 bridgehead atoms. The summed E-state index contributed by atoms with van der Waals surface area (Å²) in [6, 6.07) is 5.08. The van der Waals surface area contributed by atoms with Crippen molar-refractivity contribution in [3.63, 3.8) is 0 Å². The van der Waals surface area contributed by atoms with Gasteiger partial charge in [0.05, 0.1) is 0 Å². The quantitative estimate of drug-likeness (QED) is 0.850. The lowest BCUT2D eigenvalue weighted by molar-refractivity contribution is 0.181. The fourth-order valence-corrected chi connectivity index (χ4v) is 3.12. The van der Waals surface area contributed by atoms with Crippen LogP contribution in [-0.4, -0.2) is 42.1 Å². The van der Waals surface area contributed by atoms with Crippen LogP contribution in [0.25, 0.3) is 0 Å². The van der Waals surface area contributed by atoms with Crippen LogP contribution in [0.2, 0.25) is 0 Å². The van der Waals surface area contributed by atoms with Crippen LogP contribution in [-0.2, 0) is 5.41 Å². The van der Waals surface area contributed by atoms with Gasteiger partial charge < -0.3 is 4.90 Å². The molecule has 0 unspecified atom stereocenters. The van der Waals surface area contributed by atoms with E-state index in [0.717, 1.165) is 24.8 Å². The lowest BCUT2D eigenvalue weighted by Gasteiger charge is -2.40. The molecule has 1 aromatic heterocycles. The van der Waals surface area contributed by atoms with Crippen molar-refractivity contribution in [1.82, 2.24) is 9.88 Å². The molecule has 3 nitrogen and oxygen atoms in total. The van der Waals surface area contributed by atoms with Crippen molar-refractivity contribution in [2.24, 2.45) is 5.92 Å². The Balaban J connectivity index is 1.62. The molecule has 2 aliphatic rings. The number of piperazine rings is 1. The van der Waals surface area contributed by atoms with Gasteiger partial charge in [-0.25, -0.2) is 4.98 Å². The van der Waals surface area contributed by atoms with E-state index in [-0.39, 0.29) is 5.41 Å². The number of nitrogens with zero attached hydrogens (tertiary/aromatic N) is 3. The maximum absolute atomic E-state index is 4.71. The summed E-state index contributed by atoms with van der Waals surface area (Å²) in [5, 5.41) is 0. The number of anilines is 1. The van der Waals surface area contributed by atoms with Crippen molar-refractivity contribution in [2.75, 3.05) is 31.1 Å². The van der Waals surface area contributed by atoms with Gasteiger partial charge in [0.25, 0.3) is 0 Å². The molecule has 0 N–H and O–H groups in total. The molecule has 2 heterocycles. The van der Waals surface area contributed by atoms with Gasteiger partial charge in [-0.15, -0.1) is 0 Å². The summed E-state index contributed by atoms with van der Waals surface area (Å²) in [4.78, 5) is 9.82. The molecular weight excluding hydrogens is 258 g/mol. The first kappa shape index (κ1) is 14.8. The summed E-state index contributed by atoms with van der Waals surface area (Å²) in [5.41, 5.74) is 1.49. The predicted molar refractivity (Wildman–Crippen MR) is 88.9 cm³/mol. The Morgan fingerprint density at radius 1 is 1.19 bits per heavy atom. The zero-order valence-corrected chi connectivity index (χ0v) is 14.0. The molecule has 1 saturated heterocycles. The molecule has 0 amide bonds. The Kier molecular flexibility index (Phi) is 3.96. The molecule has 1 saturated carbocycles. The van der Waals surface area contributed by atoms with Crippen LogP contribution in [0.5, 0.6) is 0 Å². The first-order chi connectivity index (χ1) is 9.93. The smallest absolute Gasteiger partial charge is 0.128 e. The largest absolute Gasteiger partial charge is 0.354 e. The van der Waals surface area contributed by atoms with Crippen molar-refractivity contribution in [3.05, 3.63) is 23.9 Å². The number of hydrogen-bond acceptors (Lipinski definition) is 3. The van der Waals surface area contributed by atoms with Crippen LogP contribution in [0.1, 0.15) is 46.1 Å². The highest BCUT2D eigenvalue weighted by atomic mass is 15.3. The molecule has 21 heavy (non-hydrogen) atoms. The van der Waals surface area contributed by atoms with E-state index in [2.05, 4.69) is 55.8 Å². The standard InChI is InChI=1S/C18H29N3/c1-14-12-21(10-9-20(14)13-15-5-6-15)17-8-7-16(11-19-17)18(2,3)4/h7-8,11,14-15H,5-6,9-10,12-13H2,1-4H3/t14-/m0/s1. The van der Waals surface area contributed by atoms with Gasteiger partial charge in [0.2, 0.25) is 0 Å². The van der Waals surface area contributed by atoms with Gasteiger partial charge in [0.15, 0.2) is 0 Å². The number of rotatable bonds is 3. The fraction of sp³-hybridized carbons (Fsp3) is 0.722. The first-order valence-electron chi connectivity index (χ1n) is 8.39. The van der Waals surface area contributed by atoms with Crippen LogP contribution in [0.4, 0.5) is 5.82 Å². The zero-order valence-electron chi connectivity index (χ0n) is 14.0. The summed E-state index contributed by atoms with van der Waals surface area (Å²) in [5.74, 6) is 2.13. The Morgan fingerprint density at radius 2 is 1.95 bits per heavy atom. The van der Waals surface area contributed by atoms with E-state index in [0.29, 0.717) is 6.04 Å². The lowest BCUT2D eigenvalue weighted by Crippen LogP contribution is -2.52. The van der Waals surface area contributed by atoms with E-state index in [1.165, 1.54) is 31.5 Å². The number of pyridine rings is 1. The Morgan fingerprint density at radius 3 is 2.48 bits per heavy atom. The van der Waals surface area contributed by atoms with Gasteiger partial charge in [0, 0.05) is 38.4 Å². The molecule has 2 fully saturated rings. The van der Waals surface area contributed by atoms with Gasteiger partial charge in [-0.05, 0) is 42.7 Å². The third-order valence-corrected chi connectivity index (χ3v) is 4.89. The molecular formula is C18H29N3. The molecule has 0 radical (unpaired) electrons. The highest BCUT2D eigenvalue weighted by Gasteiger charge is 2.30. The van der Waals surface area contributed by atoms with E-state index in [9.17, 15) is 0 Å². The van der Waals surface area contributed by atoms with Gasteiger partial charge in [0.1, 0.15) is 5.82 Å². The van der Waals surface area contributed by atoms with Crippen LogP contribution in [0.3, 0.4) is 0 Å². The summed E-state index contributed by atoms with van der Waals surface area (Å²) >= 11 is 0. The minimum atomic E-state index is 0.182. The molecule has 1 aromatic rings. The average molecular weight is 287 g/mol. The Labute approximate surface area is 129 Å². The summed E-state index contributed by atoms with van der Waals surface area (Å²) in [7, 11) is 0. The third-order valence-electron chi connectivity index (χ3n) is 4.89. The Bertz CT molecular complexity index is 470. The molecule has 116 valence electrons. The van der Waals surface area contributed by atoms with Crippen LogP contribution in [0.15, 0.2) is 18.3 Å². The van der Waals surface area contributed by atoms with Gasteiger partial charge in [-0.2, -0.15) is 0 Å². The normalized spacial score (nSPS) is 24.4. The molecule has 1 aliphatic heterocycles. The van der Waals surface area contributed by atoms with Crippen LogP contribution >= 0.6 is 0 Å². The minimum absolute atomic E-state index is 0.182. The summed E-state index contributed by atoms with van der Waals surface area (Å²) in [6.07, 6.45) is 4.95. The van der Waals surface area contributed by atoms with Crippen molar-refractivity contribution >= 4 is 5.82 Å². The topological polar surface area (TPSA) is 19.4 Å². The summed E-state index contributed by atoms with van der Waals surface area (Å²) < 4.78 is 0. The monoisotopic (exact) mass is 287 g/mol. The van der Waals surface area contributed by atoms with Crippen molar-refractivity contribution < 1.29 is 0 Å². The van der Waals surface area contributed by atoms with Gasteiger partial charge in [-0.3, -0.25) is 4.90 Å². The highest BCUT2D eigenvalue weighted by molar-refractivity contribution is 5.41. The van der Waals surface area contributed by atoms with Crippen LogP contribution in [0, 0.1) is 5.92 Å². The second-order valence-electron chi connectivity index (χ2n) is 7.89. The SMILES string of the molecule is C[C@H]1CN(c2ccc(C(C)(C)C)cn2)CCN1CC1CC1. The van der Waals surface area contributed by atoms with Crippen molar-refractivity contribution in [1.29, 1.82) is 0 Å². The second-order valence-corrected chi connectivity index (χ2v) is 7.89. The maximum atomic E-state index is 4.71. The zero-order chi connectivity index (χ0) is 15.0. The maximum Gasteiger partial charge on any atom is 0.128 e. The van der Waals surface area contributed by atoms with E-state index >= 15 is 0 Å². The highest BCUT2D eigenvalue weighted by Crippen LogP contribution is 2.31. The Hall–Kier alpha value is -1.09. The van der Waals surface area contributed by atoms with Gasteiger partial charge >= 0.3 is 0 Å². The molecule has 1 aliphatic carbocycles. The van der Waals surface area contributed by atoms with E-state index < -0.39 is 0 Å². The van der Waals surface area contributed by atoms with Crippen molar-refractivity contribution in [3.8, 4) is 0 Å². The van der Waals surface area contributed by atoms with Gasteiger partial charge in [-0.1, -0.05) is 26.8 Å². The van der Waals surface area contributed by atoms with E-state index in [4.69, 9.17) is 4.98 Å². The first-order valence-corrected chi connectivity index (χ1v) is 8.39. The lowest BCUT2D eigenvalue weighted by atomic mass is 9.88. The van der Waals surface area contributed by atoms with E-state index in [1.807, 2.05) is 0 Å². The second kappa shape index (κ2) is 5.60. The number of aromatic nitrogens is 1. The molecule has 0 spiro atoms. The van der Waals surface area contributed by atoms with Crippen LogP contribution < -0.4 is 4.90 Å². The van der Waals surface area contributed by atoms with Crippen molar-refractivity contribution in [2.45, 2.75) is 52.0 Å². The number of hydrogen-bond donors (Lipinski definition) is 0. The average Bonchev–Trinajstić information content (AvgIpc) is 3.24. The summed E-state index contributed by atoms with van der Waals surface area (Å²) in [6.45, 7) is 13.8. The molecule has 3 heteroatoms. The molecule has 0 aromatic carbocycles. The fourth-order valence-electron chi connectivity index (χ4n) is 3.12. The van der Waals surface area contributed by atoms with E-state index in [1.54, 1.807) is 0 Å².